The molecule has 0 bridgehead atoms. The summed E-state index contributed by atoms with van der Waals surface area (Å²) in [7, 11) is 3.51. The Morgan fingerprint density at radius 1 is 1.43 bits per heavy atom. The Bertz CT molecular complexity index is 189. The van der Waals surface area contributed by atoms with Crippen LogP contribution in [0.25, 0.3) is 0 Å². The lowest BCUT2D eigenvalue weighted by atomic mass is 10.1. The number of ether oxygens (including phenoxy) is 1. The molecule has 1 aliphatic heterocycles. The molecule has 1 unspecified atom stereocenters. The summed E-state index contributed by atoms with van der Waals surface area (Å²) in [5, 5.41) is 3.26. The Morgan fingerprint density at radius 3 is 2.50 bits per heavy atom. The van der Waals surface area contributed by atoms with Crippen LogP contribution in [0, 0.1) is 0 Å². The summed E-state index contributed by atoms with van der Waals surface area (Å²) in [6.07, 6.45) is 1.94. The number of carbonyl (C=O) groups is 1. The van der Waals surface area contributed by atoms with Crippen LogP contribution < -0.4 is 5.32 Å². The van der Waals surface area contributed by atoms with Gasteiger partial charge in [-0.05, 0) is 32.9 Å². The number of likely N-dealkylation sites (N-methyl/N-ethyl adjacent to an activating group) is 1. The fourth-order valence-corrected chi connectivity index (χ4v) is 1.64. The number of piperidine rings is 1. The van der Waals surface area contributed by atoms with Crippen LogP contribution >= 0.6 is 0 Å². The largest absolute Gasteiger partial charge is 0.365 e. The molecule has 1 fully saturated rings. The zero-order valence-electron chi connectivity index (χ0n) is 9.25. The minimum absolute atomic E-state index is 0.0449. The topological polar surface area (TPSA) is 41.6 Å². The van der Waals surface area contributed by atoms with Crippen molar-refractivity contribution in [3.63, 3.8) is 0 Å². The Labute approximate surface area is 85.6 Å². The standard InChI is InChI=1S/C10H20N2O2/c1-8(10(13)12(2)3)14-9-4-6-11-7-5-9/h8-9,11H,4-7H2,1-3H3. The van der Waals surface area contributed by atoms with Crippen molar-refractivity contribution >= 4 is 5.91 Å². The lowest BCUT2D eigenvalue weighted by Gasteiger charge is -2.27. The average Bonchev–Trinajstić information content (AvgIpc) is 2.18. The Kier molecular flexibility index (Phi) is 4.35. The molecule has 0 aromatic heterocycles. The van der Waals surface area contributed by atoms with E-state index in [0.717, 1.165) is 25.9 Å². The molecule has 14 heavy (non-hydrogen) atoms. The first-order valence-corrected chi connectivity index (χ1v) is 5.18. The number of amides is 1. The van der Waals surface area contributed by atoms with Crippen LogP contribution in [0.4, 0.5) is 0 Å². The molecule has 1 atom stereocenters. The van der Waals surface area contributed by atoms with Crippen molar-refractivity contribution in [2.24, 2.45) is 0 Å². The minimum atomic E-state index is -0.312. The van der Waals surface area contributed by atoms with Crippen LogP contribution in [-0.4, -0.2) is 50.2 Å². The highest BCUT2D eigenvalue weighted by Crippen LogP contribution is 2.10. The third-order valence-corrected chi connectivity index (χ3v) is 2.47. The number of hydrogen-bond donors (Lipinski definition) is 1. The molecule has 1 aliphatic rings. The first-order valence-electron chi connectivity index (χ1n) is 5.18. The molecule has 82 valence electrons. The first-order chi connectivity index (χ1) is 6.61. The molecule has 4 nitrogen and oxygen atoms in total. The maximum atomic E-state index is 11.5. The normalized spacial score (nSPS) is 20.5. The zero-order valence-corrected chi connectivity index (χ0v) is 9.25. The fourth-order valence-electron chi connectivity index (χ4n) is 1.64. The van der Waals surface area contributed by atoms with Gasteiger partial charge in [-0.15, -0.1) is 0 Å². The van der Waals surface area contributed by atoms with Crippen molar-refractivity contribution in [1.29, 1.82) is 0 Å². The molecule has 1 saturated heterocycles. The van der Waals surface area contributed by atoms with Gasteiger partial charge < -0.3 is 15.0 Å². The molecule has 0 saturated carbocycles. The molecule has 1 amide bonds. The maximum Gasteiger partial charge on any atom is 0.250 e. The predicted molar refractivity (Wildman–Crippen MR) is 55.1 cm³/mol. The second kappa shape index (κ2) is 5.32. The van der Waals surface area contributed by atoms with Gasteiger partial charge in [0.05, 0.1) is 6.10 Å². The Hall–Kier alpha value is -0.610. The van der Waals surface area contributed by atoms with Gasteiger partial charge in [0.15, 0.2) is 0 Å². The molecule has 1 heterocycles. The minimum Gasteiger partial charge on any atom is -0.365 e. The Balaban J connectivity index is 2.31. The molecule has 0 aromatic carbocycles. The van der Waals surface area contributed by atoms with Crippen molar-refractivity contribution in [2.75, 3.05) is 27.2 Å². The van der Waals surface area contributed by atoms with Crippen LogP contribution in [0.3, 0.4) is 0 Å². The van der Waals surface area contributed by atoms with Crippen LogP contribution in [0.15, 0.2) is 0 Å². The van der Waals surface area contributed by atoms with Crippen molar-refractivity contribution < 1.29 is 9.53 Å². The number of nitrogens with one attached hydrogen (secondary N) is 1. The van der Waals surface area contributed by atoms with E-state index in [-0.39, 0.29) is 18.1 Å². The molecule has 1 N–H and O–H groups in total. The average molecular weight is 200 g/mol. The van der Waals surface area contributed by atoms with Crippen LogP contribution in [0.2, 0.25) is 0 Å². The summed E-state index contributed by atoms with van der Waals surface area (Å²) in [4.78, 5) is 13.1. The number of nitrogens with zero attached hydrogens (tertiary/aromatic N) is 1. The monoisotopic (exact) mass is 200 g/mol. The van der Waals surface area contributed by atoms with Crippen molar-refractivity contribution in [1.82, 2.24) is 10.2 Å². The van der Waals surface area contributed by atoms with Gasteiger partial charge in [0.1, 0.15) is 6.10 Å². The summed E-state index contributed by atoms with van der Waals surface area (Å²) in [6.45, 7) is 3.81. The third kappa shape index (κ3) is 3.27. The molecular weight excluding hydrogens is 180 g/mol. The first kappa shape index (κ1) is 11.5. The van der Waals surface area contributed by atoms with E-state index in [4.69, 9.17) is 4.74 Å². The number of carbonyl (C=O) groups excluding carboxylic acids is 1. The highest BCUT2D eigenvalue weighted by molar-refractivity contribution is 5.79. The fraction of sp³-hybridized carbons (Fsp3) is 0.900. The molecule has 0 radical (unpaired) electrons. The smallest absolute Gasteiger partial charge is 0.250 e. The molecule has 4 heteroatoms. The van der Waals surface area contributed by atoms with Gasteiger partial charge in [-0.25, -0.2) is 0 Å². The zero-order chi connectivity index (χ0) is 10.6. The molecular formula is C10H20N2O2. The highest BCUT2D eigenvalue weighted by Gasteiger charge is 2.21. The SMILES string of the molecule is CC(OC1CCNCC1)C(=O)N(C)C. The molecule has 1 rings (SSSR count). The van der Waals surface area contributed by atoms with E-state index in [0.29, 0.717) is 0 Å². The van der Waals surface area contributed by atoms with Gasteiger partial charge in [0, 0.05) is 14.1 Å². The lowest BCUT2D eigenvalue weighted by Crippen LogP contribution is -2.39. The number of rotatable bonds is 3. The highest BCUT2D eigenvalue weighted by atomic mass is 16.5. The van der Waals surface area contributed by atoms with Crippen molar-refractivity contribution in [2.45, 2.75) is 32.0 Å². The van der Waals surface area contributed by atoms with E-state index >= 15 is 0 Å². The summed E-state index contributed by atoms with van der Waals surface area (Å²) in [6, 6.07) is 0. The molecule has 0 aromatic rings. The summed E-state index contributed by atoms with van der Waals surface area (Å²) >= 11 is 0. The van der Waals surface area contributed by atoms with Gasteiger partial charge in [0.25, 0.3) is 5.91 Å². The lowest BCUT2D eigenvalue weighted by molar-refractivity contribution is -0.144. The van der Waals surface area contributed by atoms with E-state index in [1.165, 1.54) is 0 Å². The maximum absolute atomic E-state index is 11.5. The predicted octanol–water partition coefficient (Wildman–Crippen LogP) is 0.232. The summed E-state index contributed by atoms with van der Waals surface area (Å²) < 4.78 is 5.68. The Morgan fingerprint density at radius 2 is 2.00 bits per heavy atom. The van der Waals surface area contributed by atoms with E-state index < -0.39 is 0 Å². The quantitative estimate of drug-likeness (QED) is 0.709. The van der Waals surface area contributed by atoms with E-state index in [2.05, 4.69) is 5.32 Å². The second-order valence-electron chi connectivity index (χ2n) is 3.96. The van der Waals surface area contributed by atoms with Crippen molar-refractivity contribution in [3.8, 4) is 0 Å². The summed E-state index contributed by atoms with van der Waals surface area (Å²) in [5.74, 6) is 0.0449. The summed E-state index contributed by atoms with van der Waals surface area (Å²) in [5.41, 5.74) is 0. The van der Waals surface area contributed by atoms with Crippen LogP contribution in [-0.2, 0) is 9.53 Å². The van der Waals surface area contributed by atoms with Gasteiger partial charge >= 0.3 is 0 Å². The van der Waals surface area contributed by atoms with Gasteiger partial charge in [-0.1, -0.05) is 0 Å². The second-order valence-corrected chi connectivity index (χ2v) is 3.96. The van der Waals surface area contributed by atoms with Gasteiger partial charge in [-0.3, -0.25) is 4.79 Å². The third-order valence-electron chi connectivity index (χ3n) is 2.47. The van der Waals surface area contributed by atoms with Crippen LogP contribution in [0.1, 0.15) is 19.8 Å². The van der Waals surface area contributed by atoms with E-state index in [1.54, 1.807) is 19.0 Å². The van der Waals surface area contributed by atoms with Gasteiger partial charge in [-0.2, -0.15) is 0 Å². The van der Waals surface area contributed by atoms with Crippen molar-refractivity contribution in [3.05, 3.63) is 0 Å². The molecule has 0 aliphatic carbocycles. The van der Waals surface area contributed by atoms with E-state index in [1.807, 2.05) is 6.92 Å². The van der Waals surface area contributed by atoms with Gasteiger partial charge in [0.2, 0.25) is 0 Å². The molecule has 0 spiro atoms. The number of hydrogen-bond acceptors (Lipinski definition) is 3. The van der Waals surface area contributed by atoms with Crippen LogP contribution in [0.5, 0.6) is 0 Å². The van der Waals surface area contributed by atoms with E-state index in [9.17, 15) is 4.79 Å².